The number of rotatable bonds is 4. The van der Waals surface area contributed by atoms with Crippen LogP contribution in [0.4, 0.5) is 0 Å². The van der Waals surface area contributed by atoms with E-state index in [0.29, 0.717) is 5.92 Å². The van der Waals surface area contributed by atoms with Crippen LogP contribution in [0.15, 0.2) is 29.3 Å². The van der Waals surface area contributed by atoms with Crippen molar-refractivity contribution in [2.24, 2.45) is 10.9 Å². The summed E-state index contributed by atoms with van der Waals surface area (Å²) < 4.78 is 6.61. The number of phenols is 1. The monoisotopic (exact) mass is 330 g/mol. The second-order valence-electron chi connectivity index (χ2n) is 8.01. The molecule has 1 atom stereocenters. The van der Waals surface area contributed by atoms with E-state index in [1.807, 2.05) is 18.2 Å². The number of nitrogens with zero attached hydrogens (tertiary/aromatic N) is 1. The number of hydrogen-bond donors (Lipinski definition) is 2. The van der Waals surface area contributed by atoms with Gasteiger partial charge in [0.25, 0.3) is 0 Å². The van der Waals surface area contributed by atoms with Crippen LogP contribution < -0.4 is 5.32 Å². The van der Waals surface area contributed by atoms with Gasteiger partial charge in [0.1, 0.15) is 5.75 Å². The fraction of sp³-hybridized carbons (Fsp3) is 0.650. The maximum Gasteiger partial charge on any atom is 0.172 e. The molecule has 0 saturated heterocycles. The van der Waals surface area contributed by atoms with Gasteiger partial charge in [-0.05, 0) is 52.5 Å². The van der Waals surface area contributed by atoms with Crippen LogP contribution >= 0.6 is 0 Å². The molecule has 3 rings (SSSR count). The van der Waals surface area contributed by atoms with E-state index in [-0.39, 0.29) is 11.4 Å². The molecule has 24 heavy (non-hydrogen) atoms. The lowest BCUT2D eigenvalue weighted by Gasteiger charge is -2.42. The molecule has 132 valence electrons. The van der Waals surface area contributed by atoms with E-state index >= 15 is 0 Å². The van der Waals surface area contributed by atoms with Crippen LogP contribution in [-0.2, 0) is 10.5 Å². The van der Waals surface area contributed by atoms with Gasteiger partial charge in [-0.2, -0.15) is 0 Å². The maximum atomic E-state index is 10.5. The van der Waals surface area contributed by atoms with Crippen molar-refractivity contribution in [2.75, 3.05) is 6.54 Å². The normalized spacial score (nSPS) is 21.5. The fourth-order valence-electron chi connectivity index (χ4n) is 3.50. The Bertz CT molecular complexity index is 602. The fourth-order valence-corrected chi connectivity index (χ4v) is 3.50. The van der Waals surface area contributed by atoms with Gasteiger partial charge in [0.2, 0.25) is 0 Å². The van der Waals surface area contributed by atoms with Crippen molar-refractivity contribution in [3.8, 4) is 5.75 Å². The molecule has 0 spiro atoms. The van der Waals surface area contributed by atoms with Crippen molar-refractivity contribution in [2.45, 2.75) is 70.6 Å². The third-order valence-corrected chi connectivity index (χ3v) is 4.63. The Morgan fingerprint density at radius 3 is 2.54 bits per heavy atom. The molecule has 4 nitrogen and oxygen atoms in total. The van der Waals surface area contributed by atoms with Gasteiger partial charge in [0.15, 0.2) is 5.72 Å². The van der Waals surface area contributed by atoms with Gasteiger partial charge in [-0.25, -0.2) is 0 Å². The Morgan fingerprint density at radius 1 is 1.12 bits per heavy atom. The molecule has 0 amide bonds. The molecule has 1 saturated carbocycles. The maximum absolute atomic E-state index is 10.5. The third kappa shape index (κ3) is 3.92. The zero-order chi connectivity index (χ0) is 17.2. The number of ether oxygens (including phenoxy) is 1. The minimum absolute atomic E-state index is 0.287. The number of aliphatic imine (C=N–C) groups is 1. The minimum atomic E-state index is -0.702. The average Bonchev–Trinajstić information content (AvgIpc) is 3.34. The number of phenolic OH excluding ortho intramolecular Hbond substituents is 1. The molecular formula is C20H30N2O2. The second kappa shape index (κ2) is 6.75. The van der Waals surface area contributed by atoms with Crippen LogP contribution in [0, 0.1) is 5.92 Å². The molecule has 1 heterocycles. The van der Waals surface area contributed by atoms with Crippen molar-refractivity contribution in [3.05, 3.63) is 29.8 Å². The zero-order valence-corrected chi connectivity index (χ0v) is 15.1. The quantitative estimate of drug-likeness (QED) is 0.808. The number of aromatic hydroxyl groups is 1. The third-order valence-electron chi connectivity index (χ3n) is 4.63. The van der Waals surface area contributed by atoms with E-state index in [9.17, 15) is 5.11 Å². The lowest BCUT2D eigenvalue weighted by molar-refractivity contribution is -0.161. The smallest absolute Gasteiger partial charge is 0.172 e. The van der Waals surface area contributed by atoms with Crippen LogP contribution in [0.5, 0.6) is 5.75 Å². The first-order valence-corrected chi connectivity index (χ1v) is 9.21. The molecule has 1 aliphatic heterocycles. The van der Waals surface area contributed by atoms with Crippen LogP contribution in [0.3, 0.4) is 0 Å². The molecule has 0 aromatic heterocycles. The largest absolute Gasteiger partial charge is 0.507 e. The van der Waals surface area contributed by atoms with Gasteiger partial charge in [-0.1, -0.05) is 24.6 Å². The van der Waals surface area contributed by atoms with E-state index in [2.05, 4.69) is 26.1 Å². The molecule has 1 fully saturated rings. The first kappa shape index (κ1) is 17.3. The molecule has 2 aliphatic rings. The number of amidine groups is 1. The Balaban J connectivity index is 2.01. The number of nitrogens with one attached hydrogen (secondary N) is 1. The molecular weight excluding hydrogens is 300 g/mol. The molecule has 1 aromatic rings. The Labute approximate surface area is 145 Å². The number of para-hydroxylation sites is 1. The molecule has 1 aliphatic carbocycles. The zero-order valence-electron chi connectivity index (χ0n) is 15.1. The van der Waals surface area contributed by atoms with Crippen LogP contribution in [0.1, 0.15) is 64.9 Å². The van der Waals surface area contributed by atoms with Crippen LogP contribution in [-0.4, -0.2) is 23.1 Å². The summed E-state index contributed by atoms with van der Waals surface area (Å²) in [4.78, 5) is 4.75. The van der Waals surface area contributed by atoms with Gasteiger partial charge in [0, 0.05) is 24.4 Å². The number of benzene rings is 1. The highest BCUT2D eigenvalue weighted by Crippen LogP contribution is 2.50. The topological polar surface area (TPSA) is 53.8 Å². The van der Waals surface area contributed by atoms with Crippen molar-refractivity contribution < 1.29 is 9.84 Å². The Hall–Kier alpha value is -1.55. The van der Waals surface area contributed by atoms with Crippen LogP contribution in [0.2, 0.25) is 0 Å². The molecule has 0 bridgehead atoms. The molecule has 1 aromatic carbocycles. The standard InChI is InChI=1S/C20H30N2O2/c1-19(2,3)24-20(15-12-13-15,16-9-6-7-10-17(16)23)22-18-11-5-4-8-14-21-18/h6-7,9-10,15,23H,4-5,8,11-14H2,1-3H3,(H,21,22). The number of hydrogen-bond acceptors (Lipinski definition) is 4. The summed E-state index contributed by atoms with van der Waals surface area (Å²) in [5.41, 5.74) is -0.204. The lowest BCUT2D eigenvalue weighted by Crippen LogP contribution is -2.53. The molecule has 0 radical (unpaired) electrons. The highest BCUT2D eigenvalue weighted by Gasteiger charge is 2.51. The molecule has 1 unspecified atom stereocenters. The minimum Gasteiger partial charge on any atom is -0.507 e. The van der Waals surface area contributed by atoms with Crippen molar-refractivity contribution >= 4 is 5.84 Å². The van der Waals surface area contributed by atoms with Gasteiger partial charge in [-0.15, -0.1) is 0 Å². The van der Waals surface area contributed by atoms with E-state index < -0.39 is 5.72 Å². The predicted molar refractivity (Wildman–Crippen MR) is 97.3 cm³/mol. The summed E-state index contributed by atoms with van der Waals surface area (Å²) in [6.45, 7) is 7.08. The van der Waals surface area contributed by atoms with E-state index in [1.54, 1.807) is 6.07 Å². The Kier molecular flexibility index (Phi) is 4.86. The summed E-state index contributed by atoms with van der Waals surface area (Å²) in [5, 5.41) is 14.2. The molecule has 2 N–H and O–H groups in total. The SMILES string of the molecule is CC(C)(C)OC(NC1=NCCCCC1)(c1ccccc1O)C1CC1. The summed E-state index contributed by atoms with van der Waals surface area (Å²) in [5.74, 6) is 1.67. The first-order valence-electron chi connectivity index (χ1n) is 9.21. The molecule has 4 heteroatoms. The van der Waals surface area contributed by atoms with Gasteiger partial charge < -0.3 is 15.2 Å². The first-order chi connectivity index (χ1) is 11.4. The average molecular weight is 330 g/mol. The second-order valence-corrected chi connectivity index (χ2v) is 8.01. The van der Waals surface area contributed by atoms with E-state index in [4.69, 9.17) is 9.73 Å². The summed E-state index contributed by atoms with van der Waals surface area (Å²) in [6, 6.07) is 7.55. The van der Waals surface area contributed by atoms with Crippen molar-refractivity contribution in [1.82, 2.24) is 5.32 Å². The van der Waals surface area contributed by atoms with E-state index in [1.165, 1.54) is 6.42 Å². The van der Waals surface area contributed by atoms with Gasteiger partial charge in [0.05, 0.1) is 11.4 Å². The van der Waals surface area contributed by atoms with Crippen molar-refractivity contribution in [3.63, 3.8) is 0 Å². The van der Waals surface area contributed by atoms with Gasteiger partial charge >= 0.3 is 0 Å². The summed E-state index contributed by atoms with van der Waals surface area (Å²) in [6.07, 6.45) is 6.69. The predicted octanol–water partition coefficient (Wildman–Crippen LogP) is 4.33. The highest BCUT2D eigenvalue weighted by molar-refractivity contribution is 5.83. The van der Waals surface area contributed by atoms with Crippen molar-refractivity contribution in [1.29, 1.82) is 0 Å². The lowest BCUT2D eigenvalue weighted by atomic mass is 9.94. The Morgan fingerprint density at radius 2 is 1.88 bits per heavy atom. The highest BCUT2D eigenvalue weighted by atomic mass is 16.5. The van der Waals surface area contributed by atoms with Crippen LogP contribution in [0.25, 0.3) is 0 Å². The summed E-state index contributed by atoms with van der Waals surface area (Å²) >= 11 is 0. The van der Waals surface area contributed by atoms with E-state index in [0.717, 1.165) is 50.0 Å². The van der Waals surface area contributed by atoms with Gasteiger partial charge in [-0.3, -0.25) is 4.99 Å². The summed E-state index contributed by atoms with van der Waals surface area (Å²) in [7, 11) is 0.